The van der Waals surface area contributed by atoms with Gasteiger partial charge in [-0.15, -0.1) is 11.3 Å². The molecule has 1 aromatic heterocycles. The predicted octanol–water partition coefficient (Wildman–Crippen LogP) is 2.17. The smallest absolute Gasteiger partial charge is 0.161 e. The second-order valence-corrected chi connectivity index (χ2v) is 3.88. The van der Waals surface area contributed by atoms with Crippen molar-refractivity contribution >= 4 is 33.4 Å². The molecule has 1 heterocycles. The summed E-state index contributed by atoms with van der Waals surface area (Å²) >= 11 is 1.29. The molecule has 2 aromatic rings. The second kappa shape index (κ2) is 3.13. The van der Waals surface area contributed by atoms with Crippen LogP contribution in [0.25, 0.3) is 10.1 Å². The Morgan fingerprint density at radius 2 is 2.29 bits per heavy atom. The molecule has 0 aliphatic carbocycles. The molecule has 2 rings (SSSR count). The number of nitriles is 1. The van der Waals surface area contributed by atoms with Crippen LogP contribution in [0.2, 0.25) is 0 Å². The molecule has 0 fully saturated rings. The number of rotatable bonds is 1. The molecule has 14 heavy (non-hydrogen) atoms. The van der Waals surface area contributed by atoms with Crippen LogP contribution in [0, 0.1) is 11.3 Å². The number of carbonyl (C=O) groups excluding carboxylic acids is 1. The number of carbonyl (C=O) groups is 1. The molecule has 0 atom stereocenters. The van der Waals surface area contributed by atoms with Crippen molar-refractivity contribution in [3.63, 3.8) is 0 Å². The fourth-order valence-corrected chi connectivity index (χ4v) is 2.39. The minimum absolute atomic E-state index is 0.387. The summed E-state index contributed by atoms with van der Waals surface area (Å²) < 4.78 is 0.878. The Morgan fingerprint density at radius 1 is 1.50 bits per heavy atom. The van der Waals surface area contributed by atoms with Gasteiger partial charge >= 0.3 is 0 Å². The average Bonchev–Trinajstić information content (AvgIpc) is 2.56. The van der Waals surface area contributed by atoms with Crippen LogP contribution < -0.4 is 5.73 Å². The van der Waals surface area contributed by atoms with E-state index in [-0.39, 0.29) is 0 Å². The van der Waals surface area contributed by atoms with E-state index < -0.39 is 0 Å². The zero-order valence-electron chi connectivity index (χ0n) is 7.15. The standard InChI is InChI=1S/C10H6N2OS/c11-4-6-9(5-13)14-8-3-1-2-7(12)10(6)8/h1-3,5H,12H2. The minimum atomic E-state index is 0.387. The van der Waals surface area contributed by atoms with Gasteiger partial charge in [0.15, 0.2) is 6.29 Å². The molecule has 0 saturated carbocycles. The third kappa shape index (κ3) is 1.07. The lowest BCUT2D eigenvalue weighted by Gasteiger charge is -1.94. The Morgan fingerprint density at radius 3 is 2.93 bits per heavy atom. The van der Waals surface area contributed by atoms with Crippen molar-refractivity contribution in [2.24, 2.45) is 0 Å². The summed E-state index contributed by atoms with van der Waals surface area (Å²) in [5.41, 5.74) is 6.67. The molecular weight excluding hydrogens is 196 g/mol. The van der Waals surface area contributed by atoms with Crippen molar-refractivity contribution in [3.8, 4) is 6.07 Å². The van der Waals surface area contributed by atoms with Gasteiger partial charge in [0.05, 0.1) is 10.4 Å². The first kappa shape index (κ1) is 8.73. The number of nitrogens with zero attached hydrogens (tertiary/aromatic N) is 1. The van der Waals surface area contributed by atoms with E-state index in [2.05, 4.69) is 0 Å². The molecule has 0 aliphatic rings. The third-order valence-electron chi connectivity index (χ3n) is 1.99. The highest BCUT2D eigenvalue weighted by Gasteiger charge is 2.12. The quantitative estimate of drug-likeness (QED) is 0.569. The maximum Gasteiger partial charge on any atom is 0.161 e. The van der Waals surface area contributed by atoms with Crippen molar-refractivity contribution in [2.45, 2.75) is 0 Å². The number of anilines is 1. The second-order valence-electron chi connectivity index (χ2n) is 2.79. The third-order valence-corrected chi connectivity index (χ3v) is 3.07. The molecule has 0 amide bonds. The predicted molar refractivity (Wildman–Crippen MR) is 56.3 cm³/mol. The molecule has 68 valence electrons. The van der Waals surface area contributed by atoms with Crippen LogP contribution >= 0.6 is 11.3 Å². The number of nitrogens with two attached hydrogens (primary N) is 1. The first-order chi connectivity index (χ1) is 6.77. The lowest BCUT2D eigenvalue weighted by atomic mass is 10.1. The van der Waals surface area contributed by atoms with Gasteiger partial charge in [0.1, 0.15) is 6.07 Å². The fraction of sp³-hybridized carbons (Fsp3) is 0. The molecule has 0 unspecified atom stereocenters. The van der Waals surface area contributed by atoms with E-state index in [1.54, 1.807) is 6.07 Å². The molecule has 0 saturated heterocycles. The first-order valence-electron chi connectivity index (χ1n) is 3.94. The van der Waals surface area contributed by atoms with Gasteiger partial charge in [-0.25, -0.2) is 0 Å². The fourth-order valence-electron chi connectivity index (χ4n) is 1.39. The molecule has 3 nitrogen and oxygen atoms in total. The van der Waals surface area contributed by atoms with Crippen molar-refractivity contribution < 1.29 is 4.79 Å². The number of hydrogen-bond donors (Lipinski definition) is 1. The maximum atomic E-state index is 10.7. The van der Waals surface area contributed by atoms with Crippen molar-refractivity contribution in [1.82, 2.24) is 0 Å². The highest BCUT2D eigenvalue weighted by molar-refractivity contribution is 7.20. The van der Waals surface area contributed by atoms with Crippen LogP contribution in [0.15, 0.2) is 18.2 Å². The minimum Gasteiger partial charge on any atom is -0.398 e. The topological polar surface area (TPSA) is 66.9 Å². The lowest BCUT2D eigenvalue weighted by Crippen LogP contribution is -1.86. The van der Waals surface area contributed by atoms with Crippen LogP contribution in [-0.4, -0.2) is 6.29 Å². The Bertz CT molecular complexity index is 551. The van der Waals surface area contributed by atoms with E-state index in [0.717, 1.165) is 4.70 Å². The highest BCUT2D eigenvalue weighted by atomic mass is 32.1. The van der Waals surface area contributed by atoms with E-state index in [4.69, 9.17) is 11.0 Å². The van der Waals surface area contributed by atoms with E-state index in [9.17, 15) is 4.79 Å². The molecule has 1 aromatic carbocycles. The molecule has 0 spiro atoms. The monoisotopic (exact) mass is 202 g/mol. The van der Waals surface area contributed by atoms with Crippen LogP contribution in [0.5, 0.6) is 0 Å². The van der Waals surface area contributed by atoms with E-state index in [0.29, 0.717) is 27.8 Å². The van der Waals surface area contributed by atoms with Gasteiger partial charge in [0, 0.05) is 15.8 Å². The number of benzene rings is 1. The van der Waals surface area contributed by atoms with Gasteiger partial charge in [-0.3, -0.25) is 4.79 Å². The van der Waals surface area contributed by atoms with E-state index >= 15 is 0 Å². The molecule has 2 N–H and O–H groups in total. The number of hydrogen-bond acceptors (Lipinski definition) is 4. The van der Waals surface area contributed by atoms with Crippen molar-refractivity contribution in [1.29, 1.82) is 5.26 Å². The SMILES string of the molecule is N#Cc1c(C=O)sc2cccc(N)c12. The summed E-state index contributed by atoms with van der Waals surface area (Å²) in [6.07, 6.45) is 0.697. The van der Waals surface area contributed by atoms with Gasteiger partial charge in [-0.1, -0.05) is 6.07 Å². The molecule has 0 aliphatic heterocycles. The lowest BCUT2D eigenvalue weighted by molar-refractivity contribution is 0.112. The Labute approximate surface area is 84.4 Å². The Hall–Kier alpha value is -1.86. The molecular formula is C10H6N2OS. The van der Waals surface area contributed by atoms with Crippen LogP contribution in [-0.2, 0) is 0 Å². The maximum absolute atomic E-state index is 10.7. The van der Waals surface area contributed by atoms with Crippen molar-refractivity contribution in [2.75, 3.05) is 5.73 Å². The summed E-state index contributed by atoms with van der Waals surface area (Å²) in [6.45, 7) is 0. The van der Waals surface area contributed by atoms with Gasteiger partial charge in [0.2, 0.25) is 0 Å². The number of thiophene rings is 1. The largest absolute Gasteiger partial charge is 0.398 e. The summed E-state index contributed by atoms with van der Waals surface area (Å²) in [5, 5.41) is 9.60. The average molecular weight is 202 g/mol. The van der Waals surface area contributed by atoms with Gasteiger partial charge in [0.25, 0.3) is 0 Å². The van der Waals surface area contributed by atoms with Crippen LogP contribution in [0.3, 0.4) is 0 Å². The van der Waals surface area contributed by atoms with Gasteiger partial charge in [-0.2, -0.15) is 5.26 Å². The molecule has 4 heteroatoms. The number of nitrogen functional groups attached to an aromatic ring is 1. The summed E-state index contributed by atoms with van der Waals surface area (Å²) in [4.78, 5) is 11.1. The normalized spacial score (nSPS) is 9.93. The Kier molecular flexibility index (Phi) is 1.95. The summed E-state index contributed by atoms with van der Waals surface area (Å²) in [5.74, 6) is 0. The number of fused-ring (bicyclic) bond motifs is 1. The highest BCUT2D eigenvalue weighted by Crippen LogP contribution is 2.33. The van der Waals surface area contributed by atoms with Crippen LogP contribution in [0.1, 0.15) is 15.2 Å². The van der Waals surface area contributed by atoms with Gasteiger partial charge < -0.3 is 5.73 Å². The van der Waals surface area contributed by atoms with Gasteiger partial charge in [-0.05, 0) is 12.1 Å². The molecule has 0 bridgehead atoms. The zero-order chi connectivity index (χ0) is 10.1. The summed E-state index contributed by atoms with van der Waals surface area (Å²) in [7, 11) is 0. The van der Waals surface area contributed by atoms with E-state index in [1.165, 1.54) is 11.3 Å². The van der Waals surface area contributed by atoms with Crippen molar-refractivity contribution in [3.05, 3.63) is 28.6 Å². The summed E-state index contributed by atoms with van der Waals surface area (Å²) in [6, 6.07) is 7.40. The molecule has 0 radical (unpaired) electrons. The first-order valence-corrected chi connectivity index (χ1v) is 4.76. The van der Waals surface area contributed by atoms with Crippen LogP contribution in [0.4, 0.5) is 5.69 Å². The van der Waals surface area contributed by atoms with E-state index in [1.807, 2.05) is 18.2 Å². The zero-order valence-corrected chi connectivity index (χ0v) is 7.97. The Balaban J connectivity index is 2.97. The number of aldehydes is 1.